The lowest BCUT2D eigenvalue weighted by atomic mass is 9.96. The second-order valence-electron chi connectivity index (χ2n) is 7.21. The zero-order valence-electron chi connectivity index (χ0n) is 15.0. The average Bonchev–Trinajstić information content (AvgIpc) is 3.23. The van der Waals surface area contributed by atoms with E-state index in [4.69, 9.17) is 5.73 Å². The van der Waals surface area contributed by atoms with Crippen LogP contribution < -0.4 is 10.6 Å². The molecule has 0 bridgehead atoms. The molecule has 10 nitrogen and oxygen atoms in total. The van der Waals surface area contributed by atoms with Crippen molar-refractivity contribution in [1.82, 2.24) is 39.5 Å². The molecule has 2 fully saturated rings. The Balaban J connectivity index is 1.33. The summed E-state index contributed by atoms with van der Waals surface area (Å²) in [6, 6.07) is 2.24. The molecule has 140 valence electrons. The fourth-order valence-electron chi connectivity index (χ4n) is 3.77. The van der Waals surface area contributed by atoms with Crippen molar-refractivity contribution in [2.24, 2.45) is 0 Å². The molecule has 1 saturated heterocycles. The summed E-state index contributed by atoms with van der Waals surface area (Å²) in [5, 5.41) is 13.3. The van der Waals surface area contributed by atoms with Crippen LogP contribution in [-0.4, -0.2) is 52.6 Å². The standard InChI is InChI=1S/C17H22N10/c18-14-3-6-20-17(22-14)25-7-4-12(5-8-25)16-24-23-15(27(16)13-1-2-13)9-26-11-19-10-21-26/h3,6,10-13H,1-2,4-5,7-9H2,(H2,18,20,22). The maximum absolute atomic E-state index is 5.79. The minimum absolute atomic E-state index is 0.403. The molecule has 5 rings (SSSR count). The Hall–Kier alpha value is -3.04. The normalized spacial score (nSPS) is 18.1. The lowest BCUT2D eigenvalue weighted by Crippen LogP contribution is -2.35. The molecule has 1 saturated carbocycles. The zero-order valence-corrected chi connectivity index (χ0v) is 15.0. The minimum atomic E-state index is 0.403. The first-order valence-electron chi connectivity index (χ1n) is 9.37. The summed E-state index contributed by atoms with van der Waals surface area (Å²) in [5.41, 5.74) is 5.79. The van der Waals surface area contributed by atoms with Crippen molar-refractivity contribution in [3.63, 3.8) is 0 Å². The molecule has 0 amide bonds. The van der Waals surface area contributed by atoms with E-state index in [1.807, 2.05) is 0 Å². The second-order valence-corrected chi connectivity index (χ2v) is 7.21. The number of rotatable bonds is 5. The molecule has 2 N–H and O–H groups in total. The number of nitrogens with zero attached hydrogens (tertiary/aromatic N) is 9. The number of hydrogen-bond acceptors (Lipinski definition) is 8. The molecule has 0 aromatic carbocycles. The van der Waals surface area contributed by atoms with Crippen LogP contribution in [0.1, 0.15) is 49.3 Å². The fraction of sp³-hybridized carbons (Fsp3) is 0.529. The van der Waals surface area contributed by atoms with Gasteiger partial charge < -0.3 is 15.2 Å². The summed E-state index contributed by atoms with van der Waals surface area (Å²) < 4.78 is 4.14. The smallest absolute Gasteiger partial charge is 0.227 e. The first-order chi connectivity index (χ1) is 13.3. The molecule has 4 heterocycles. The monoisotopic (exact) mass is 366 g/mol. The Morgan fingerprint density at radius 2 is 1.96 bits per heavy atom. The highest BCUT2D eigenvalue weighted by Gasteiger charge is 2.34. The van der Waals surface area contributed by atoms with E-state index in [2.05, 4.69) is 39.7 Å². The minimum Gasteiger partial charge on any atom is -0.384 e. The van der Waals surface area contributed by atoms with Gasteiger partial charge in [0, 0.05) is 31.2 Å². The van der Waals surface area contributed by atoms with Gasteiger partial charge in [-0.1, -0.05) is 0 Å². The molecule has 1 aliphatic heterocycles. The van der Waals surface area contributed by atoms with Crippen LogP contribution in [0.3, 0.4) is 0 Å². The Bertz CT molecular complexity index is 906. The van der Waals surface area contributed by atoms with Gasteiger partial charge in [0.1, 0.15) is 30.8 Å². The summed E-state index contributed by atoms with van der Waals surface area (Å²) in [5.74, 6) is 3.71. The van der Waals surface area contributed by atoms with E-state index in [0.717, 1.165) is 37.6 Å². The summed E-state index contributed by atoms with van der Waals surface area (Å²) in [6.45, 7) is 2.40. The van der Waals surface area contributed by atoms with Gasteiger partial charge in [-0.05, 0) is 31.7 Å². The van der Waals surface area contributed by atoms with Gasteiger partial charge in [0.05, 0.1) is 0 Å². The molecule has 2 aliphatic rings. The lowest BCUT2D eigenvalue weighted by Gasteiger charge is -2.31. The van der Waals surface area contributed by atoms with E-state index < -0.39 is 0 Å². The van der Waals surface area contributed by atoms with E-state index in [1.54, 1.807) is 29.6 Å². The molecule has 3 aromatic heterocycles. The maximum atomic E-state index is 5.79. The molecular formula is C17H22N10. The van der Waals surface area contributed by atoms with Gasteiger partial charge in [0.25, 0.3) is 0 Å². The number of nitrogen functional groups attached to an aromatic ring is 1. The van der Waals surface area contributed by atoms with Gasteiger partial charge in [-0.25, -0.2) is 14.6 Å². The highest BCUT2D eigenvalue weighted by molar-refractivity contribution is 5.38. The first kappa shape index (κ1) is 16.2. The molecule has 27 heavy (non-hydrogen) atoms. The van der Waals surface area contributed by atoms with Crippen LogP contribution in [-0.2, 0) is 6.54 Å². The predicted molar refractivity (Wildman–Crippen MR) is 98.0 cm³/mol. The van der Waals surface area contributed by atoms with Crippen LogP contribution >= 0.6 is 0 Å². The average molecular weight is 366 g/mol. The molecule has 1 aliphatic carbocycles. The van der Waals surface area contributed by atoms with Crippen LogP contribution in [0.15, 0.2) is 24.9 Å². The number of piperidine rings is 1. The predicted octanol–water partition coefficient (Wildman–Crippen LogP) is 1.01. The number of hydrogen-bond donors (Lipinski definition) is 1. The topological polar surface area (TPSA) is 116 Å². The van der Waals surface area contributed by atoms with Gasteiger partial charge in [-0.3, -0.25) is 0 Å². The van der Waals surface area contributed by atoms with E-state index in [1.165, 1.54) is 12.8 Å². The quantitative estimate of drug-likeness (QED) is 0.711. The maximum Gasteiger partial charge on any atom is 0.227 e. The van der Waals surface area contributed by atoms with Crippen LogP contribution in [0.4, 0.5) is 11.8 Å². The lowest BCUT2D eigenvalue weighted by molar-refractivity contribution is 0.456. The van der Waals surface area contributed by atoms with Crippen molar-refractivity contribution in [2.45, 2.75) is 44.2 Å². The first-order valence-corrected chi connectivity index (χ1v) is 9.37. The summed E-state index contributed by atoms with van der Waals surface area (Å²) in [7, 11) is 0. The van der Waals surface area contributed by atoms with Gasteiger partial charge >= 0.3 is 0 Å². The van der Waals surface area contributed by atoms with Crippen molar-refractivity contribution in [2.75, 3.05) is 23.7 Å². The van der Waals surface area contributed by atoms with E-state index in [-0.39, 0.29) is 0 Å². The van der Waals surface area contributed by atoms with Crippen LogP contribution in [0.2, 0.25) is 0 Å². The molecule has 0 unspecified atom stereocenters. The zero-order chi connectivity index (χ0) is 18.2. The number of anilines is 2. The molecule has 0 spiro atoms. The third-order valence-electron chi connectivity index (χ3n) is 5.28. The van der Waals surface area contributed by atoms with Crippen molar-refractivity contribution in [3.05, 3.63) is 36.6 Å². The Morgan fingerprint density at radius 3 is 2.67 bits per heavy atom. The van der Waals surface area contributed by atoms with E-state index in [0.29, 0.717) is 30.3 Å². The van der Waals surface area contributed by atoms with Crippen molar-refractivity contribution in [1.29, 1.82) is 0 Å². The van der Waals surface area contributed by atoms with E-state index in [9.17, 15) is 0 Å². The summed E-state index contributed by atoms with van der Waals surface area (Å²) in [4.78, 5) is 14.9. The summed E-state index contributed by atoms with van der Waals surface area (Å²) in [6.07, 6.45) is 9.39. The van der Waals surface area contributed by atoms with Gasteiger partial charge in [-0.15, -0.1) is 10.2 Å². The molecule has 0 atom stereocenters. The highest BCUT2D eigenvalue weighted by atomic mass is 15.4. The van der Waals surface area contributed by atoms with Crippen LogP contribution in [0.5, 0.6) is 0 Å². The van der Waals surface area contributed by atoms with Gasteiger partial charge in [0.15, 0.2) is 5.82 Å². The third-order valence-corrected chi connectivity index (χ3v) is 5.28. The molecule has 10 heteroatoms. The largest absolute Gasteiger partial charge is 0.384 e. The molecular weight excluding hydrogens is 344 g/mol. The number of aromatic nitrogens is 8. The van der Waals surface area contributed by atoms with Crippen molar-refractivity contribution >= 4 is 11.8 Å². The van der Waals surface area contributed by atoms with Crippen LogP contribution in [0, 0.1) is 0 Å². The summed E-state index contributed by atoms with van der Waals surface area (Å²) >= 11 is 0. The Kier molecular flexibility index (Phi) is 3.95. The Labute approximate surface area is 156 Å². The van der Waals surface area contributed by atoms with Crippen LogP contribution in [0.25, 0.3) is 0 Å². The fourth-order valence-corrected chi connectivity index (χ4v) is 3.77. The van der Waals surface area contributed by atoms with Crippen molar-refractivity contribution < 1.29 is 0 Å². The number of nitrogens with two attached hydrogens (primary N) is 1. The van der Waals surface area contributed by atoms with E-state index >= 15 is 0 Å². The van der Waals surface area contributed by atoms with Crippen molar-refractivity contribution in [3.8, 4) is 0 Å². The Morgan fingerprint density at radius 1 is 1.11 bits per heavy atom. The molecule has 3 aromatic rings. The van der Waals surface area contributed by atoms with Gasteiger partial charge in [-0.2, -0.15) is 10.1 Å². The third kappa shape index (κ3) is 3.22. The second kappa shape index (κ2) is 6.60. The SMILES string of the molecule is Nc1ccnc(N2CCC(c3nnc(Cn4cncn4)n3C3CC3)CC2)n1. The highest BCUT2D eigenvalue weighted by Crippen LogP contribution is 2.40. The van der Waals surface area contributed by atoms with Gasteiger partial charge in [0.2, 0.25) is 5.95 Å². The molecule has 0 radical (unpaired) electrons.